The largest absolute Gasteiger partial charge is 0.481 e. The van der Waals surface area contributed by atoms with Gasteiger partial charge in [0.2, 0.25) is 5.91 Å². The van der Waals surface area contributed by atoms with Crippen LogP contribution in [0.2, 0.25) is 10.0 Å². The average Bonchev–Trinajstić information content (AvgIpc) is 2.67. The molecular formula is C21H20Cl2N2O5S. The van der Waals surface area contributed by atoms with Crippen LogP contribution in [-0.2, 0) is 25.6 Å². The van der Waals surface area contributed by atoms with Crippen molar-refractivity contribution >= 4 is 69.2 Å². The molecule has 164 valence electrons. The van der Waals surface area contributed by atoms with Gasteiger partial charge in [0.05, 0.1) is 27.8 Å². The number of anilines is 2. The number of halogens is 2. The lowest BCUT2D eigenvalue weighted by atomic mass is 10.1. The Morgan fingerprint density at radius 3 is 2.19 bits per heavy atom. The molecule has 2 rings (SSSR count). The highest BCUT2D eigenvalue weighted by molar-refractivity contribution is 8.13. The third kappa shape index (κ3) is 6.72. The van der Waals surface area contributed by atoms with Crippen LogP contribution in [0.25, 0.3) is 0 Å². The fourth-order valence-corrected chi connectivity index (χ4v) is 4.06. The molecule has 2 aromatic rings. The van der Waals surface area contributed by atoms with Crippen LogP contribution in [0.5, 0.6) is 0 Å². The smallest absolute Gasteiger partial charge is 0.307 e. The van der Waals surface area contributed by atoms with Gasteiger partial charge in [-0.2, -0.15) is 0 Å². The van der Waals surface area contributed by atoms with Gasteiger partial charge in [0.15, 0.2) is 5.12 Å². The van der Waals surface area contributed by atoms with Crippen LogP contribution >= 0.6 is 35.0 Å². The molecular weight excluding hydrogens is 463 g/mol. The Morgan fingerprint density at radius 2 is 1.65 bits per heavy atom. The highest BCUT2D eigenvalue weighted by Gasteiger charge is 2.32. The van der Waals surface area contributed by atoms with E-state index in [1.807, 2.05) is 0 Å². The van der Waals surface area contributed by atoms with Crippen molar-refractivity contribution in [1.82, 2.24) is 5.32 Å². The number of hydrogen-bond donors (Lipinski definition) is 2. The van der Waals surface area contributed by atoms with Crippen molar-refractivity contribution < 1.29 is 24.3 Å². The standard InChI is InChI=1S/C21H20Cl2N2O5S/c1-12(26)24-17(11-31-13(2)27)21(30)25(20-15(22)7-5-8-16(20)23)18-9-4-3-6-14(18)10-19(28)29/h3-9,17H,10-11H2,1-2H3,(H,24,26)(H,28,29)/t17-/m0/s1. The third-order valence-corrected chi connectivity index (χ3v) is 5.60. The Balaban J connectivity index is 2.67. The minimum Gasteiger partial charge on any atom is -0.481 e. The Morgan fingerprint density at radius 1 is 1.03 bits per heavy atom. The van der Waals surface area contributed by atoms with Crippen LogP contribution in [0.3, 0.4) is 0 Å². The van der Waals surface area contributed by atoms with Gasteiger partial charge in [-0.3, -0.25) is 24.1 Å². The Kier molecular flexibility index (Phi) is 8.91. The molecule has 0 radical (unpaired) electrons. The Labute approximate surface area is 193 Å². The topological polar surface area (TPSA) is 104 Å². The second-order valence-corrected chi connectivity index (χ2v) is 8.51. The number of para-hydroxylation sites is 2. The van der Waals surface area contributed by atoms with Crippen LogP contribution in [0, 0.1) is 0 Å². The maximum atomic E-state index is 13.7. The minimum atomic E-state index is -1.09. The van der Waals surface area contributed by atoms with E-state index in [1.165, 1.54) is 18.7 Å². The second kappa shape index (κ2) is 11.2. The summed E-state index contributed by atoms with van der Waals surface area (Å²) in [7, 11) is 0. The van der Waals surface area contributed by atoms with E-state index < -0.39 is 23.8 Å². The van der Waals surface area contributed by atoms with Crippen LogP contribution in [0.1, 0.15) is 19.4 Å². The van der Waals surface area contributed by atoms with Crippen LogP contribution < -0.4 is 10.2 Å². The van der Waals surface area contributed by atoms with Crippen molar-refractivity contribution in [2.45, 2.75) is 26.3 Å². The summed E-state index contributed by atoms with van der Waals surface area (Å²) in [6, 6.07) is 10.0. The maximum Gasteiger partial charge on any atom is 0.307 e. The maximum absolute atomic E-state index is 13.7. The van der Waals surface area contributed by atoms with Gasteiger partial charge < -0.3 is 10.4 Å². The van der Waals surface area contributed by atoms with Gasteiger partial charge in [0, 0.05) is 19.6 Å². The van der Waals surface area contributed by atoms with Crippen molar-refractivity contribution in [3.05, 3.63) is 58.1 Å². The number of amides is 2. The Hall–Kier alpha value is -2.55. The normalized spacial score (nSPS) is 11.5. The molecule has 2 amide bonds. The Bertz CT molecular complexity index is 995. The summed E-state index contributed by atoms with van der Waals surface area (Å²) < 4.78 is 0. The highest BCUT2D eigenvalue weighted by Crippen LogP contribution is 2.40. The van der Waals surface area contributed by atoms with Gasteiger partial charge in [0.1, 0.15) is 6.04 Å². The minimum absolute atomic E-state index is 0.0204. The van der Waals surface area contributed by atoms with Gasteiger partial charge in [-0.1, -0.05) is 59.2 Å². The van der Waals surface area contributed by atoms with Crippen molar-refractivity contribution in [2.24, 2.45) is 0 Å². The van der Waals surface area contributed by atoms with Crippen molar-refractivity contribution in [2.75, 3.05) is 10.7 Å². The number of carboxylic acid groups (broad SMARTS) is 1. The van der Waals surface area contributed by atoms with E-state index in [-0.39, 0.29) is 38.7 Å². The van der Waals surface area contributed by atoms with Gasteiger partial charge in [-0.05, 0) is 23.8 Å². The molecule has 0 saturated carbocycles. The molecule has 2 N–H and O–H groups in total. The fraction of sp³-hybridized carbons (Fsp3) is 0.238. The van der Waals surface area contributed by atoms with Crippen molar-refractivity contribution in [1.29, 1.82) is 0 Å². The van der Waals surface area contributed by atoms with Crippen LogP contribution in [0.4, 0.5) is 11.4 Å². The number of nitrogens with one attached hydrogen (secondary N) is 1. The molecule has 2 aromatic carbocycles. The number of carbonyl (C=O) groups excluding carboxylic acids is 3. The van der Waals surface area contributed by atoms with Crippen LogP contribution in [-0.4, -0.2) is 39.8 Å². The van der Waals surface area contributed by atoms with E-state index in [4.69, 9.17) is 23.2 Å². The number of benzene rings is 2. The fourth-order valence-electron chi connectivity index (χ4n) is 2.87. The zero-order valence-electron chi connectivity index (χ0n) is 16.7. The lowest BCUT2D eigenvalue weighted by Gasteiger charge is -2.30. The van der Waals surface area contributed by atoms with E-state index in [1.54, 1.807) is 42.5 Å². The summed E-state index contributed by atoms with van der Waals surface area (Å²) in [6.45, 7) is 2.61. The van der Waals surface area contributed by atoms with E-state index in [0.717, 1.165) is 11.8 Å². The summed E-state index contributed by atoms with van der Waals surface area (Å²) >= 11 is 13.6. The first-order chi connectivity index (χ1) is 14.6. The van der Waals surface area contributed by atoms with E-state index >= 15 is 0 Å². The molecule has 0 aliphatic carbocycles. The summed E-state index contributed by atoms with van der Waals surface area (Å²) in [6.07, 6.45) is -0.352. The molecule has 0 spiro atoms. The molecule has 10 heteroatoms. The first-order valence-corrected chi connectivity index (χ1v) is 10.8. The zero-order valence-corrected chi connectivity index (χ0v) is 19.1. The molecule has 31 heavy (non-hydrogen) atoms. The lowest BCUT2D eigenvalue weighted by molar-refractivity contribution is -0.136. The van der Waals surface area contributed by atoms with Crippen molar-refractivity contribution in [3.8, 4) is 0 Å². The molecule has 0 bridgehead atoms. The molecule has 0 heterocycles. The molecule has 0 aliphatic rings. The molecule has 0 fully saturated rings. The van der Waals surface area contributed by atoms with E-state index in [0.29, 0.717) is 5.56 Å². The summed E-state index contributed by atoms with van der Waals surface area (Å²) in [5.74, 6) is -2.19. The van der Waals surface area contributed by atoms with Crippen molar-refractivity contribution in [3.63, 3.8) is 0 Å². The first kappa shape index (κ1) is 24.7. The number of nitrogens with zero attached hydrogens (tertiary/aromatic N) is 1. The summed E-state index contributed by atoms with van der Waals surface area (Å²) in [5.41, 5.74) is 0.755. The predicted octanol–water partition coefficient (Wildman–Crippen LogP) is 4.07. The number of carbonyl (C=O) groups is 4. The van der Waals surface area contributed by atoms with E-state index in [2.05, 4.69) is 5.32 Å². The SMILES string of the molecule is CC(=O)N[C@@H](CSC(C)=O)C(=O)N(c1ccccc1CC(=O)O)c1c(Cl)cccc1Cl. The molecule has 0 unspecified atom stereocenters. The van der Waals surface area contributed by atoms with Gasteiger partial charge in [-0.25, -0.2) is 0 Å². The number of hydrogen-bond acceptors (Lipinski definition) is 5. The second-order valence-electron chi connectivity index (χ2n) is 6.50. The molecule has 1 atom stereocenters. The average molecular weight is 483 g/mol. The summed E-state index contributed by atoms with van der Waals surface area (Å²) in [4.78, 5) is 49.4. The highest BCUT2D eigenvalue weighted by atomic mass is 35.5. The zero-order chi connectivity index (χ0) is 23.1. The van der Waals surface area contributed by atoms with Gasteiger partial charge in [0.25, 0.3) is 5.91 Å². The quantitative estimate of drug-likeness (QED) is 0.587. The number of thioether (sulfide) groups is 1. The number of aliphatic carboxylic acids is 1. The van der Waals surface area contributed by atoms with Crippen LogP contribution in [0.15, 0.2) is 42.5 Å². The third-order valence-electron chi connectivity index (χ3n) is 4.08. The lowest BCUT2D eigenvalue weighted by Crippen LogP contribution is -2.48. The van der Waals surface area contributed by atoms with Gasteiger partial charge >= 0.3 is 5.97 Å². The summed E-state index contributed by atoms with van der Waals surface area (Å²) in [5, 5.41) is 12.0. The molecule has 7 nitrogen and oxygen atoms in total. The monoisotopic (exact) mass is 482 g/mol. The molecule has 0 saturated heterocycles. The van der Waals surface area contributed by atoms with Gasteiger partial charge in [-0.15, -0.1) is 0 Å². The predicted molar refractivity (Wildman–Crippen MR) is 122 cm³/mol. The number of rotatable bonds is 8. The number of carboxylic acids is 1. The van der Waals surface area contributed by atoms with E-state index in [9.17, 15) is 24.3 Å². The first-order valence-electron chi connectivity index (χ1n) is 9.10. The molecule has 0 aromatic heterocycles. The molecule has 0 aliphatic heterocycles.